The molecule has 1 aliphatic rings. The lowest BCUT2D eigenvalue weighted by molar-refractivity contribution is 0.243. The van der Waals surface area contributed by atoms with Gasteiger partial charge in [-0.3, -0.25) is 0 Å². The number of hydrogen-bond acceptors (Lipinski definition) is 0. The van der Waals surface area contributed by atoms with Crippen molar-refractivity contribution in [1.29, 1.82) is 0 Å². The molecule has 0 heterocycles. The van der Waals surface area contributed by atoms with Crippen LogP contribution in [0.5, 0.6) is 0 Å². The largest absolute Gasteiger partial charge is 0.583 e. The molecule has 1 fully saturated rings. The Hall–Kier alpha value is 0.495. The Morgan fingerprint density at radius 1 is 1.33 bits per heavy atom. The Kier molecular flexibility index (Phi) is 4.10. The van der Waals surface area contributed by atoms with Crippen molar-refractivity contribution in [3.8, 4) is 0 Å². The van der Waals surface area contributed by atoms with Gasteiger partial charge in [-0.15, -0.1) is 0 Å². The van der Waals surface area contributed by atoms with Crippen LogP contribution in [0.15, 0.2) is 0 Å². The fourth-order valence-electron chi connectivity index (χ4n) is 2.39. The zero-order valence-corrected chi connectivity index (χ0v) is 9.51. The maximum atomic E-state index is 5.82. The maximum absolute atomic E-state index is 5.82. The fraction of sp³-hybridized carbons (Fsp3) is 1.00. The van der Waals surface area contributed by atoms with Crippen molar-refractivity contribution in [2.75, 3.05) is 0 Å². The second kappa shape index (κ2) is 4.65. The topological polar surface area (TPSA) is 0 Å². The normalized spacial score (nSPS) is 38.2. The van der Waals surface area contributed by atoms with Crippen LogP contribution in [0.4, 0.5) is 0 Å². The van der Waals surface area contributed by atoms with Gasteiger partial charge in [-0.2, -0.15) is 0 Å². The van der Waals surface area contributed by atoms with Crippen molar-refractivity contribution in [3.63, 3.8) is 0 Å². The van der Waals surface area contributed by atoms with Crippen molar-refractivity contribution >= 4 is 16.0 Å². The molecule has 0 bridgehead atoms. The van der Waals surface area contributed by atoms with E-state index in [0.717, 1.165) is 23.4 Å². The van der Waals surface area contributed by atoms with Crippen molar-refractivity contribution in [3.05, 3.63) is 0 Å². The van der Waals surface area contributed by atoms with Gasteiger partial charge < -0.3 is 16.0 Å². The summed E-state index contributed by atoms with van der Waals surface area (Å²) in [5, 5.41) is 0. The molecule has 12 heavy (non-hydrogen) atoms. The SMILES string of the molecule is [B-]P[C@@H]1C[C@H](C)CC[C@H]1C(C)C. The van der Waals surface area contributed by atoms with Crippen molar-refractivity contribution in [2.24, 2.45) is 17.8 Å². The molecule has 0 aromatic heterocycles. The Morgan fingerprint density at radius 3 is 2.50 bits per heavy atom. The zero-order chi connectivity index (χ0) is 9.14. The van der Waals surface area contributed by atoms with E-state index in [4.69, 9.17) is 7.57 Å². The van der Waals surface area contributed by atoms with Crippen LogP contribution >= 0.6 is 8.46 Å². The summed E-state index contributed by atoms with van der Waals surface area (Å²) in [6.07, 6.45) is 4.20. The van der Waals surface area contributed by atoms with Gasteiger partial charge in [-0.1, -0.05) is 32.9 Å². The molecule has 1 unspecified atom stereocenters. The van der Waals surface area contributed by atoms with Gasteiger partial charge in [0.2, 0.25) is 0 Å². The highest BCUT2D eigenvalue weighted by Crippen LogP contribution is 2.41. The molecular weight excluding hydrogens is 162 g/mol. The van der Waals surface area contributed by atoms with Gasteiger partial charge in [0.25, 0.3) is 0 Å². The third-order valence-corrected chi connectivity index (χ3v) is 4.33. The molecule has 1 rings (SSSR count). The Labute approximate surface area is 80.0 Å². The van der Waals surface area contributed by atoms with Gasteiger partial charge >= 0.3 is 0 Å². The first-order chi connectivity index (χ1) is 5.65. The first-order valence-corrected chi connectivity index (χ1v) is 6.26. The molecule has 0 spiro atoms. The van der Waals surface area contributed by atoms with E-state index in [1.165, 1.54) is 19.3 Å². The van der Waals surface area contributed by atoms with Crippen LogP contribution in [-0.2, 0) is 0 Å². The summed E-state index contributed by atoms with van der Waals surface area (Å²) < 4.78 is 0. The van der Waals surface area contributed by atoms with Crippen LogP contribution < -0.4 is 0 Å². The van der Waals surface area contributed by atoms with E-state index in [2.05, 4.69) is 20.8 Å². The van der Waals surface area contributed by atoms with E-state index in [-0.39, 0.29) is 0 Å². The fourth-order valence-corrected chi connectivity index (χ4v) is 3.73. The summed E-state index contributed by atoms with van der Waals surface area (Å²) in [5.41, 5.74) is 0.828. The minimum absolute atomic E-state index is 0.666. The quantitative estimate of drug-likeness (QED) is 0.454. The minimum atomic E-state index is 0.666. The lowest BCUT2D eigenvalue weighted by Gasteiger charge is -2.40. The molecule has 0 aliphatic heterocycles. The van der Waals surface area contributed by atoms with Gasteiger partial charge in [-0.05, 0) is 30.6 Å². The summed E-state index contributed by atoms with van der Waals surface area (Å²) in [6, 6.07) is 0. The summed E-state index contributed by atoms with van der Waals surface area (Å²) in [6.45, 7) is 7.05. The zero-order valence-electron chi connectivity index (χ0n) is 8.51. The van der Waals surface area contributed by atoms with Crippen LogP contribution in [-0.4, -0.2) is 13.2 Å². The van der Waals surface area contributed by atoms with Crippen molar-refractivity contribution < 1.29 is 0 Å². The lowest BCUT2D eigenvalue weighted by Crippen LogP contribution is -2.28. The van der Waals surface area contributed by atoms with Crippen LogP contribution in [0, 0.1) is 17.8 Å². The number of rotatable bonds is 2. The monoisotopic (exact) mass is 182 g/mol. The first kappa shape index (κ1) is 10.6. The molecule has 3 radical (unpaired) electrons. The van der Waals surface area contributed by atoms with E-state index in [1.54, 1.807) is 0 Å². The van der Waals surface area contributed by atoms with Gasteiger partial charge in [-0.25, -0.2) is 0 Å². The standard InChI is InChI=1S/C10H20BP/c1-7(2)9-5-4-8(3)6-10(9)12-11/h7-10,12H,4-6H2,1-3H3/q-1/t8-,9+,10-/m1/s1. The maximum Gasteiger partial charge on any atom is -0.0359 e. The highest BCUT2D eigenvalue weighted by atomic mass is 31.1. The van der Waals surface area contributed by atoms with Gasteiger partial charge in [0.1, 0.15) is 0 Å². The van der Waals surface area contributed by atoms with Gasteiger partial charge in [0.05, 0.1) is 0 Å². The smallest absolute Gasteiger partial charge is 0.0359 e. The van der Waals surface area contributed by atoms with E-state index >= 15 is 0 Å². The van der Waals surface area contributed by atoms with E-state index in [9.17, 15) is 0 Å². The third kappa shape index (κ3) is 2.49. The highest BCUT2D eigenvalue weighted by Gasteiger charge is 2.26. The second-order valence-corrected chi connectivity index (χ2v) is 5.67. The summed E-state index contributed by atoms with van der Waals surface area (Å²) in [5.74, 6) is 2.66. The molecule has 4 atom stereocenters. The van der Waals surface area contributed by atoms with Crippen LogP contribution in [0.3, 0.4) is 0 Å². The second-order valence-electron chi connectivity index (χ2n) is 4.60. The molecular formula is C10H20BP-. The van der Waals surface area contributed by atoms with Crippen LogP contribution in [0.2, 0.25) is 0 Å². The van der Waals surface area contributed by atoms with E-state index in [0.29, 0.717) is 8.46 Å². The Morgan fingerprint density at radius 2 is 2.00 bits per heavy atom. The lowest BCUT2D eigenvalue weighted by atomic mass is 9.77. The van der Waals surface area contributed by atoms with Crippen molar-refractivity contribution in [2.45, 2.75) is 45.7 Å². The molecule has 0 amide bonds. The minimum Gasteiger partial charge on any atom is -0.583 e. The summed E-state index contributed by atoms with van der Waals surface area (Å²) in [4.78, 5) is 0. The molecule has 1 saturated carbocycles. The first-order valence-electron chi connectivity index (χ1n) is 5.11. The predicted molar refractivity (Wildman–Crippen MR) is 59.2 cm³/mol. The van der Waals surface area contributed by atoms with Gasteiger partial charge in [0, 0.05) is 0 Å². The van der Waals surface area contributed by atoms with Crippen LogP contribution in [0.25, 0.3) is 0 Å². The Bertz CT molecular complexity index is 136. The predicted octanol–water partition coefficient (Wildman–Crippen LogP) is 3.21. The molecule has 1 aliphatic carbocycles. The third-order valence-electron chi connectivity index (χ3n) is 3.24. The summed E-state index contributed by atoms with van der Waals surface area (Å²) in [7, 11) is 6.49. The Balaban J connectivity index is 2.50. The summed E-state index contributed by atoms with van der Waals surface area (Å²) >= 11 is 0. The molecule has 0 aromatic carbocycles. The molecule has 69 valence electrons. The molecule has 0 nitrogen and oxygen atoms in total. The van der Waals surface area contributed by atoms with E-state index < -0.39 is 0 Å². The van der Waals surface area contributed by atoms with Crippen LogP contribution in [0.1, 0.15) is 40.0 Å². The molecule has 2 heteroatoms. The average Bonchev–Trinajstić information content (AvgIpc) is 2.03. The van der Waals surface area contributed by atoms with E-state index in [1.807, 2.05) is 0 Å². The highest BCUT2D eigenvalue weighted by molar-refractivity contribution is 7.66. The molecule has 0 N–H and O–H groups in total. The average molecular weight is 182 g/mol. The van der Waals surface area contributed by atoms with Gasteiger partial charge in [0.15, 0.2) is 0 Å². The number of hydrogen-bond donors (Lipinski definition) is 0. The molecule has 0 saturated heterocycles. The molecule has 0 aromatic rings. The van der Waals surface area contributed by atoms with Crippen molar-refractivity contribution in [1.82, 2.24) is 0 Å².